The lowest BCUT2D eigenvalue weighted by molar-refractivity contribution is 0.562. The first-order chi connectivity index (χ1) is 4.50. The summed E-state index contributed by atoms with van der Waals surface area (Å²) in [6.45, 7) is 0. The maximum Gasteiger partial charge on any atom is 0.175 e. The maximum atomic E-state index is 4.88. The number of hydrogen-bond acceptors (Lipinski definition) is 3. The zero-order valence-electron chi connectivity index (χ0n) is 4.78. The quantitative estimate of drug-likeness (QED) is 0.410. The van der Waals surface area contributed by atoms with Gasteiger partial charge in [0.05, 0.1) is 0 Å². The molecule has 0 saturated heterocycles. The van der Waals surface area contributed by atoms with Gasteiger partial charge in [0, 0.05) is 6.20 Å². The monoisotopic (exact) mass is 141 g/mol. The highest BCUT2D eigenvalue weighted by molar-refractivity contribution is 7.92. The minimum absolute atomic E-state index is 1.18. The van der Waals surface area contributed by atoms with Crippen LogP contribution in [-0.2, 0) is 4.18 Å². The highest BCUT2D eigenvalue weighted by Gasteiger charge is 1.77. The van der Waals surface area contributed by atoms with E-state index >= 15 is 0 Å². The minimum atomic E-state index is 1.18. The Morgan fingerprint density at radius 3 is 3.00 bits per heavy atom. The van der Waals surface area contributed by atoms with Crippen LogP contribution in [-0.4, -0.2) is 0 Å². The molecule has 1 aliphatic rings. The highest BCUT2D eigenvalue weighted by Crippen LogP contribution is 1.98. The summed E-state index contributed by atoms with van der Waals surface area (Å²) < 4.78 is 7.72. The van der Waals surface area contributed by atoms with Crippen LogP contribution in [0.25, 0.3) is 0 Å². The van der Waals surface area contributed by atoms with E-state index in [1.54, 1.807) is 12.5 Å². The summed E-state index contributed by atoms with van der Waals surface area (Å²) in [5, 5.41) is 0. The van der Waals surface area contributed by atoms with Crippen molar-refractivity contribution in [2.45, 2.75) is 0 Å². The van der Waals surface area contributed by atoms with Crippen LogP contribution in [0.15, 0.2) is 36.8 Å². The Balaban J connectivity index is 2.45. The van der Waals surface area contributed by atoms with Crippen LogP contribution in [0.5, 0.6) is 0 Å². The second-order valence-electron chi connectivity index (χ2n) is 1.37. The van der Waals surface area contributed by atoms with Gasteiger partial charge in [-0.15, -0.1) is 0 Å². The van der Waals surface area contributed by atoms with Crippen molar-refractivity contribution in [2.75, 3.05) is 0 Å². The minimum Gasteiger partial charge on any atom is -0.413 e. The summed E-state index contributed by atoms with van der Waals surface area (Å²) in [6, 6.07) is 0. The average molecular weight is 141 g/mol. The van der Waals surface area contributed by atoms with Crippen LogP contribution < -0.4 is 4.72 Å². The van der Waals surface area contributed by atoms with Gasteiger partial charge in [0.25, 0.3) is 0 Å². The van der Waals surface area contributed by atoms with E-state index in [-0.39, 0.29) is 0 Å². The van der Waals surface area contributed by atoms with Crippen molar-refractivity contribution >= 4 is 12.2 Å². The summed E-state index contributed by atoms with van der Waals surface area (Å²) in [5.41, 5.74) is 0. The molecule has 48 valence electrons. The maximum absolute atomic E-state index is 4.88. The van der Waals surface area contributed by atoms with E-state index < -0.39 is 0 Å². The van der Waals surface area contributed by atoms with E-state index in [0.29, 0.717) is 0 Å². The molecule has 0 bridgehead atoms. The summed E-state index contributed by atoms with van der Waals surface area (Å²) in [4.78, 5) is 0. The summed E-state index contributed by atoms with van der Waals surface area (Å²) in [6.07, 6.45) is 10.9. The van der Waals surface area contributed by atoms with Crippen molar-refractivity contribution in [3.05, 3.63) is 36.8 Å². The molecule has 0 amide bonds. The van der Waals surface area contributed by atoms with Gasteiger partial charge in [-0.3, -0.25) is 0 Å². The Morgan fingerprint density at radius 2 is 2.00 bits per heavy atom. The van der Waals surface area contributed by atoms with Crippen LogP contribution in [0.3, 0.4) is 0 Å². The molecule has 1 heterocycles. The largest absolute Gasteiger partial charge is 0.413 e. The lowest BCUT2D eigenvalue weighted by Gasteiger charge is -1.92. The van der Waals surface area contributed by atoms with Crippen molar-refractivity contribution < 1.29 is 4.18 Å². The lowest BCUT2D eigenvalue weighted by Crippen LogP contribution is -1.88. The Bertz CT molecular complexity index is 135. The number of allylic oxidation sites excluding steroid dienone is 4. The molecular weight excluding hydrogens is 134 g/mol. The first-order valence-corrected chi connectivity index (χ1v) is 3.30. The fourth-order valence-electron chi connectivity index (χ4n) is 0.384. The predicted molar refractivity (Wildman–Crippen MR) is 39.2 cm³/mol. The first-order valence-electron chi connectivity index (χ1n) is 2.56. The molecule has 1 rings (SSSR count). The number of nitrogens with one attached hydrogen (secondary N) is 1. The number of rotatable bonds is 0. The first kappa shape index (κ1) is 6.29. The third-order valence-corrected chi connectivity index (χ3v) is 1.17. The molecule has 2 nitrogen and oxygen atoms in total. The van der Waals surface area contributed by atoms with Gasteiger partial charge in [-0.05, 0) is 12.2 Å². The Kier molecular flexibility index (Phi) is 2.86. The molecule has 1 N–H and O–H groups in total. The van der Waals surface area contributed by atoms with E-state index in [9.17, 15) is 0 Å². The number of hydrogen-bond donors (Lipinski definition) is 1. The Hall–Kier alpha value is -0.830. The fraction of sp³-hybridized carbons (Fsp3) is 0. The highest BCUT2D eigenvalue weighted by atomic mass is 32.2. The van der Waals surface area contributed by atoms with Crippen molar-refractivity contribution in [2.24, 2.45) is 0 Å². The second kappa shape index (κ2) is 4.09. The Labute approximate surface area is 58.6 Å². The molecule has 9 heavy (non-hydrogen) atoms. The van der Waals surface area contributed by atoms with Crippen LogP contribution in [0.2, 0.25) is 0 Å². The average Bonchev–Trinajstić information content (AvgIpc) is 2.00. The Morgan fingerprint density at radius 1 is 1.11 bits per heavy atom. The van der Waals surface area contributed by atoms with Gasteiger partial charge in [0.1, 0.15) is 6.26 Å². The summed E-state index contributed by atoms with van der Waals surface area (Å²) >= 11 is 1.18. The molecule has 0 aromatic carbocycles. The fourth-order valence-corrected chi connectivity index (χ4v) is 0.693. The summed E-state index contributed by atoms with van der Waals surface area (Å²) in [5.74, 6) is 0. The molecule has 0 atom stereocenters. The van der Waals surface area contributed by atoms with Gasteiger partial charge in [-0.2, -0.15) is 0 Å². The molecular formula is C6H7NOS. The molecule has 0 aromatic heterocycles. The van der Waals surface area contributed by atoms with Crippen LogP contribution in [0.1, 0.15) is 0 Å². The molecule has 0 aromatic rings. The van der Waals surface area contributed by atoms with E-state index in [4.69, 9.17) is 4.18 Å². The van der Waals surface area contributed by atoms with Gasteiger partial charge in [0.15, 0.2) is 12.2 Å². The normalized spacial score (nSPS) is 27.6. The zero-order chi connectivity index (χ0) is 6.36. The molecule has 1 aliphatic heterocycles. The van der Waals surface area contributed by atoms with Gasteiger partial charge >= 0.3 is 0 Å². The lowest BCUT2D eigenvalue weighted by atomic mass is 10.5. The zero-order valence-corrected chi connectivity index (χ0v) is 5.60. The van der Waals surface area contributed by atoms with Crippen molar-refractivity contribution in [1.82, 2.24) is 4.72 Å². The van der Waals surface area contributed by atoms with Crippen molar-refractivity contribution in [1.29, 1.82) is 0 Å². The predicted octanol–water partition coefficient (Wildman–Crippen LogP) is 1.75. The smallest absolute Gasteiger partial charge is 0.175 e. The molecule has 0 saturated carbocycles. The van der Waals surface area contributed by atoms with Crippen molar-refractivity contribution in [3.63, 3.8) is 0 Å². The molecule has 3 heteroatoms. The van der Waals surface area contributed by atoms with E-state index in [2.05, 4.69) is 4.72 Å². The van der Waals surface area contributed by atoms with Crippen LogP contribution >= 0.6 is 12.2 Å². The van der Waals surface area contributed by atoms with E-state index in [1.165, 1.54) is 12.2 Å². The molecule has 0 unspecified atom stereocenters. The van der Waals surface area contributed by atoms with Gasteiger partial charge < -0.3 is 8.91 Å². The molecule has 0 fully saturated rings. The second-order valence-corrected chi connectivity index (χ2v) is 1.96. The SMILES string of the molecule is C1=C\C=C/OSN\C=C/1. The van der Waals surface area contributed by atoms with Crippen LogP contribution in [0, 0.1) is 0 Å². The van der Waals surface area contributed by atoms with Gasteiger partial charge in [-0.25, -0.2) is 0 Å². The van der Waals surface area contributed by atoms with Crippen LogP contribution in [0.4, 0.5) is 0 Å². The molecule has 0 spiro atoms. The topological polar surface area (TPSA) is 21.3 Å². The standard InChI is InChI=1S/C6H7NOS/c1-2-4-6-8-9-7-5-3-1/h1-7H/b2-1-,5-3-,6-4-. The van der Waals surface area contributed by atoms with E-state index in [0.717, 1.165) is 0 Å². The van der Waals surface area contributed by atoms with Crippen molar-refractivity contribution in [3.8, 4) is 0 Å². The third-order valence-electron chi connectivity index (χ3n) is 0.728. The van der Waals surface area contributed by atoms with Gasteiger partial charge in [-0.1, -0.05) is 12.2 Å². The van der Waals surface area contributed by atoms with E-state index in [1.807, 2.05) is 24.3 Å². The summed E-state index contributed by atoms with van der Waals surface area (Å²) in [7, 11) is 0. The molecule has 0 radical (unpaired) electrons. The third kappa shape index (κ3) is 2.87. The van der Waals surface area contributed by atoms with Gasteiger partial charge in [0.2, 0.25) is 0 Å². The molecule has 0 aliphatic carbocycles.